The maximum atomic E-state index is 11.8. The van der Waals surface area contributed by atoms with Crippen LogP contribution in [0.2, 0.25) is 5.15 Å². The second-order valence-corrected chi connectivity index (χ2v) is 8.09. The molecule has 0 atom stereocenters. The van der Waals surface area contributed by atoms with Gasteiger partial charge < -0.3 is 15.5 Å². The van der Waals surface area contributed by atoms with Crippen LogP contribution in [0.15, 0.2) is 48.9 Å². The number of rotatable bonds is 6. The molecule has 0 aromatic carbocycles. The van der Waals surface area contributed by atoms with Gasteiger partial charge in [-0.15, -0.1) is 0 Å². The van der Waals surface area contributed by atoms with Crippen molar-refractivity contribution in [2.45, 2.75) is 32.9 Å². The summed E-state index contributed by atoms with van der Waals surface area (Å²) in [6.45, 7) is 5.88. The Morgan fingerprint density at radius 2 is 1.97 bits per heavy atom. The molecule has 1 amide bonds. The molecule has 160 valence electrons. The predicted octanol–water partition coefficient (Wildman–Crippen LogP) is 4.81. The van der Waals surface area contributed by atoms with Gasteiger partial charge in [-0.2, -0.15) is 0 Å². The number of allylic oxidation sites excluding steroid dienone is 1. The van der Waals surface area contributed by atoms with Crippen LogP contribution in [-0.4, -0.2) is 32.9 Å². The molecule has 0 aliphatic rings. The zero-order valence-corrected chi connectivity index (χ0v) is 18.2. The van der Waals surface area contributed by atoms with E-state index in [4.69, 9.17) is 21.7 Å². The number of amides is 1. The minimum absolute atomic E-state index is 0.391. The van der Waals surface area contributed by atoms with Crippen molar-refractivity contribution in [3.05, 3.63) is 65.2 Å². The van der Waals surface area contributed by atoms with Crippen LogP contribution in [0.3, 0.4) is 0 Å². The third-order valence-corrected chi connectivity index (χ3v) is 4.22. The van der Waals surface area contributed by atoms with Crippen LogP contribution in [0.1, 0.15) is 31.9 Å². The Kier molecular flexibility index (Phi) is 6.81. The monoisotopic (exact) mass is 438 g/mol. The minimum atomic E-state index is -0.574. The SMILES string of the molecule is CC(C)(C)OC(=O)Nc1ccc(CN/C=C(\C=N)c2cnc3ccc(Cl)nc3c2)cn1. The van der Waals surface area contributed by atoms with Gasteiger partial charge in [-0.3, -0.25) is 10.3 Å². The highest BCUT2D eigenvalue weighted by Gasteiger charge is 2.16. The summed E-state index contributed by atoms with van der Waals surface area (Å²) in [6, 6.07) is 8.87. The number of nitrogens with zero attached hydrogens (tertiary/aromatic N) is 3. The van der Waals surface area contributed by atoms with Crippen molar-refractivity contribution in [2.75, 3.05) is 5.32 Å². The van der Waals surface area contributed by atoms with Crippen LogP contribution in [-0.2, 0) is 11.3 Å². The Morgan fingerprint density at radius 3 is 2.65 bits per heavy atom. The Balaban J connectivity index is 1.62. The molecule has 9 heteroatoms. The van der Waals surface area contributed by atoms with E-state index in [1.54, 1.807) is 57.6 Å². The molecular weight excluding hydrogens is 416 g/mol. The van der Waals surface area contributed by atoms with Crippen molar-refractivity contribution in [1.29, 1.82) is 5.41 Å². The number of hydrogen-bond acceptors (Lipinski definition) is 7. The fourth-order valence-electron chi connectivity index (χ4n) is 2.64. The highest BCUT2D eigenvalue weighted by atomic mass is 35.5. The van der Waals surface area contributed by atoms with E-state index in [-0.39, 0.29) is 0 Å². The molecule has 0 aliphatic carbocycles. The van der Waals surface area contributed by atoms with Gasteiger partial charge in [0, 0.05) is 42.5 Å². The highest BCUT2D eigenvalue weighted by molar-refractivity contribution is 6.29. The number of carbonyl (C=O) groups excluding carboxylic acids is 1. The van der Waals surface area contributed by atoms with Crippen LogP contribution < -0.4 is 10.6 Å². The van der Waals surface area contributed by atoms with E-state index in [1.165, 1.54) is 6.21 Å². The van der Waals surface area contributed by atoms with Crippen LogP contribution in [0, 0.1) is 5.41 Å². The van der Waals surface area contributed by atoms with Gasteiger partial charge in [0.2, 0.25) is 0 Å². The molecule has 0 saturated carbocycles. The fourth-order valence-corrected chi connectivity index (χ4v) is 2.79. The summed E-state index contributed by atoms with van der Waals surface area (Å²) in [5, 5.41) is 13.9. The molecule has 3 rings (SSSR count). The van der Waals surface area contributed by atoms with Crippen molar-refractivity contribution in [3.63, 3.8) is 0 Å². The number of nitrogens with one attached hydrogen (secondary N) is 3. The average Bonchev–Trinajstić information content (AvgIpc) is 2.70. The quantitative estimate of drug-likeness (QED) is 0.376. The van der Waals surface area contributed by atoms with Gasteiger partial charge >= 0.3 is 6.09 Å². The van der Waals surface area contributed by atoms with Crippen molar-refractivity contribution in [1.82, 2.24) is 20.3 Å². The van der Waals surface area contributed by atoms with Crippen molar-refractivity contribution < 1.29 is 9.53 Å². The van der Waals surface area contributed by atoms with Gasteiger partial charge in [0.25, 0.3) is 0 Å². The van der Waals surface area contributed by atoms with E-state index in [9.17, 15) is 4.79 Å². The first-order valence-electron chi connectivity index (χ1n) is 9.55. The molecule has 0 spiro atoms. The lowest BCUT2D eigenvalue weighted by atomic mass is 10.1. The standard InChI is InChI=1S/C22H23ClN6O2/c1-22(2,3)31-21(30)29-20-7-4-14(11-27-20)10-25-12-16(9-24)15-8-18-17(26-13-15)5-6-19(23)28-18/h4-9,11-13,24-25H,10H2,1-3H3,(H,27,29,30)/b16-12+,24-9?. The molecule has 3 N–H and O–H groups in total. The van der Waals surface area contributed by atoms with Crippen molar-refractivity contribution in [2.24, 2.45) is 0 Å². The summed E-state index contributed by atoms with van der Waals surface area (Å²) in [4.78, 5) is 24.6. The average molecular weight is 439 g/mol. The van der Waals surface area contributed by atoms with Gasteiger partial charge in [0.05, 0.1) is 11.0 Å². The molecule has 0 aliphatic heterocycles. The Morgan fingerprint density at radius 1 is 1.16 bits per heavy atom. The largest absolute Gasteiger partial charge is 0.444 e. The Bertz CT molecular complexity index is 1120. The van der Waals surface area contributed by atoms with Crippen LogP contribution in [0.5, 0.6) is 0 Å². The maximum absolute atomic E-state index is 11.8. The number of pyridine rings is 3. The maximum Gasteiger partial charge on any atom is 0.413 e. The first kappa shape index (κ1) is 22.2. The summed E-state index contributed by atoms with van der Waals surface area (Å²) in [7, 11) is 0. The molecule has 0 bridgehead atoms. The third kappa shape index (κ3) is 6.48. The number of halogens is 1. The van der Waals surface area contributed by atoms with Gasteiger partial charge in [-0.25, -0.2) is 14.8 Å². The lowest BCUT2D eigenvalue weighted by molar-refractivity contribution is 0.0635. The van der Waals surface area contributed by atoms with Crippen molar-refractivity contribution >= 4 is 46.3 Å². The van der Waals surface area contributed by atoms with E-state index in [0.717, 1.165) is 16.6 Å². The van der Waals surface area contributed by atoms with Crippen molar-refractivity contribution in [3.8, 4) is 0 Å². The smallest absolute Gasteiger partial charge is 0.413 e. The molecule has 0 unspecified atom stereocenters. The zero-order chi connectivity index (χ0) is 22.4. The zero-order valence-electron chi connectivity index (χ0n) is 17.4. The van der Waals surface area contributed by atoms with E-state index in [2.05, 4.69) is 25.6 Å². The molecular formula is C22H23ClN6O2. The van der Waals surface area contributed by atoms with E-state index in [1.807, 2.05) is 12.1 Å². The second kappa shape index (κ2) is 9.53. The number of carbonyl (C=O) groups is 1. The number of hydrogen-bond donors (Lipinski definition) is 3. The van der Waals surface area contributed by atoms with Gasteiger partial charge in [0.15, 0.2) is 0 Å². The molecule has 3 aromatic rings. The van der Waals surface area contributed by atoms with E-state index >= 15 is 0 Å². The highest BCUT2D eigenvalue weighted by Crippen LogP contribution is 2.18. The molecule has 0 saturated heterocycles. The minimum Gasteiger partial charge on any atom is -0.444 e. The first-order chi connectivity index (χ1) is 14.7. The first-order valence-corrected chi connectivity index (χ1v) is 9.93. The number of anilines is 1. The molecule has 31 heavy (non-hydrogen) atoms. The normalized spacial score (nSPS) is 11.8. The lowest BCUT2D eigenvalue weighted by Crippen LogP contribution is -2.27. The third-order valence-electron chi connectivity index (χ3n) is 4.01. The second-order valence-electron chi connectivity index (χ2n) is 7.70. The van der Waals surface area contributed by atoms with Gasteiger partial charge in [0.1, 0.15) is 16.6 Å². The number of fused-ring (bicyclic) bond motifs is 1. The topological polar surface area (TPSA) is 113 Å². The molecule has 3 heterocycles. The predicted molar refractivity (Wildman–Crippen MR) is 122 cm³/mol. The van der Waals surface area contributed by atoms with Crippen LogP contribution in [0.25, 0.3) is 16.6 Å². The molecule has 0 radical (unpaired) electrons. The van der Waals surface area contributed by atoms with Gasteiger partial charge in [-0.05, 0) is 50.6 Å². The lowest BCUT2D eigenvalue weighted by Gasteiger charge is -2.19. The summed E-state index contributed by atoms with van der Waals surface area (Å²) < 4.78 is 5.20. The Labute approximate surface area is 185 Å². The van der Waals surface area contributed by atoms with Gasteiger partial charge in [-0.1, -0.05) is 17.7 Å². The fraction of sp³-hybridized carbons (Fsp3) is 0.227. The summed E-state index contributed by atoms with van der Waals surface area (Å²) in [5.74, 6) is 0.405. The summed E-state index contributed by atoms with van der Waals surface area (Å²) in [6.07, 6.45) is 5.76. The summed E-state index contributed by atoms with van der Waals surface area (Å²) >= 11 is 5.96. The number of aromatic nitrogens is 3. The van der Waals surface area contributed by atoms with Crippen LogP contribution in [0.4, 0.5) is 10.6 Å². The van der Waals surface area contributed by atoms with E-state index < -0.39 is 11.7 Å². The summed E-state index contributed by atoms with van der Waals surface area (Å²) in [5.41, 5.74) is 3.12. The Hall–Kier alpha value is -3.52. The van der Waals surface area contributed by atoms with E-state index in [0.29, 0.717) is 28.6 Å². The molecule has 8 nitrogen and oxygen atoms in total. The van der Waals surface area contributed by atoms with Crippen LogP contribution >= 0.6 is 11.6 Å². The number of ether oxygens (including phenoxy) is 1. The molecule has 0 fully saturated rings. The molecule has 3 aromatic heterocycles.